The molecule has 1 aromatic carbocycles. The van der Waals surface area contributed by atoms with Crippen LogP contribution in [-0.2, 0) is 11.3 Å². The Morgan fingerprint density at radius 2 is 2.25 bits per heavy atom. The molecule has 0 aliphatic carbocycles. The summed E-state index contributed by atoms with van der Waals surface area (Å²) in [5.74, 6) is -0.0576. The molecule has 0 N–H and O–H groups in total. The zero-order valence-electron chi connectivity index (χ0n) is 11.3. The highest BCUT2D eigenvalue weighted by atomic mass is 35.5. The van der Waals surface area contributed by atoms with E-state index in [2.05, 4.69) is 10.1 Å². The van der Waals surface area contributed by atoms with Crippen LogP contribution in [0.5, 0.6) is 0 Å². The van der Waals surface area contributed by atoms with Crippen molar-refractivity contribution < 1.29 is 4.79 Å². The largest absolute Gasteiger partial charge is 0.345 e. The van der Waals surface area contributed by atoms with Gasteiger partial charge in [-0.05, 0) is 29.3 Å². The molecule has 0 aliphatic heterocycles. The van der Waals surface area contributed by atoms with Gasteiger partial charge in [-0.2, -0.15) is 5.10 Å². The molecule has 1 aromatic heterocycles. The Bertz CT molecular complexity index is 620. The van der Waals surface area contributed by atoms with E-state index >= 15 is 0 Å². The van der Waals surface area contributed by atoms with Gasteiger partial charge in [0.2, 0.25) is 5.91 Å². The number of carbonyl (C=O) groups is 1. The standard InChI is InChI=1S/C14H15ClN4O/c1-18(2)14(20)6-4-11-3-5-13(15)12(7-11)8-19-10-16-9-17-19/h3-7,9-10H,8H2,1-2H3. The highest BCUT2D eigenvalue weighted by Gasteiger charge is 2.03. The number of hydrogen-bond acceptors (Lipinski definition) is 3. The van der Waals surface area contributed by atoms with Gasteiger partial charge in [0.15, 0.2) is 0 Å². The van der Waals surface area contributed by atoms with Crippen LogP contribution in [0.3, 0.4) is 0 Å². The molecule has 0 unspecified atom stereocenters. The summed E-state index contributed by atoms with van der Waals surface area (Å²) in [6, 6.07) is 5.61. The zero-order valence-corrected chi connectivity index (χ0v) is 12.1. The average Bonchev–Trinajstić information content (AvgIpc) is 2.92. The van der Waals surface area contributed by atoms with Crippen molar-refractivity contribution in [2.45, 2.75) is 6.54 Å². The summed E-state index contributed by atoms with van der Waals surface area (Å²) in [5, 5.41) is 4.71. The average molecular weight is 291 g/mol. The van der Waals surface area contributed by atoms with Crippen LogP contribution < -0.4 is 0 Å². The van der Waals surface area contributed by atoms with Crippen molar-refractivity contribution in [2.75, 3.05) is 14.1 Å². The fourth-order valence-electron chi connectivity index (χ4n) is 1.62. The number of rotatable bonds is 4. The van der Waals surface area contributed by atoms with Gasteiger partial charge in [0, 0.05) is 25.2 Å². The summed E-state index contributed by atoms with van der Waals surface area (Å²) in [6.45, 7) is 0.544. The number of likely N-dealkylation sites (N-methyl/N-ethyl adjacent to an activating group) is 1. The van der Waals surface area contributed by atoms with Crippen LogP contribution >= 0.6 is 11.6 Å². The van der Waals surface area contributed by atoms with Crippen molar-refractivity contribution in [3.05, 3.63) is 53.1 Å². The molecule has 0 atom stereocenters. The summed E-state index contributed by atoms with van der Waals surface area (Å²) >= 11 is 6.17. The van der Waals surface area contributed by atoms with Crippen LogP contribution in [0.25, 0.3) is 6.08 Å². The number of carbonyl (C=O) groups excluding carboxylic acids is 1. The maximum Gasteiger partial charge on any atom is 0.246 e. The third-order valence-corrected chi connectivity index (χ3v) is 3.10. The van der Waals surface area contributed by atoms with Gasteiger partial charge in [-0.25, -0.2) is 9.67 Å². The second kappa shape index (κ2) is 6.34. The van der Waals surface area contributed by atoms with Gasteiger partial charge < -0.3 is 4.90 Å². The maximum atomic E-state index is 11.5. The number of aromatic nitrogens is 3. The van der Waals surface area contributed by atoms with Gasteiger partial charge in [0.1, 0.15) is 12.7 Å². The lowest BCUT2D eigenvalue weighted by Crippen LogP contribution is -2.18. The van der Waals surface area contributed by atoms with Gasteiger partial charge >= 0.3 is 0 Å². The summed E-state index contributed by atoms with van der Waals surface area (Å²) in [7, 11) is 3.43. The number of amides is 1. The molecule has 0 radical (unpaired) electrons. The van der Waals surface area contributed by atoms with E-state index in [1.807, 2.05) is 18.2 Å². The molecule has 6 heteroatoms. The highest BCUT2D eigenvalue weighted by molar-refractivity contribution is 6.31. The van der Waals surface area contributed by atoms with E-state index < -0.39 is 0 Å². The molecule has 104 valence electrons. The molecule has 5 nitrogen and oxygen atoms in total. The van der Waals surface area contributed by atoms with E-state index in [9.17, 15) is 4.79 Å². The molecule has 2 rings (SSSR count). The van der Waals surface area contributed by atoms with Crippen LogP contribution in [0.15, 0.2) is 36.9 Å². The quantitative estimate of drug-likeness (QED) is 0.810. The Morgan fingerprint density at radius 3 is 2.90 bits per heavy atom. The van der Waals surface area contributed by atoms with Crippen molar-refractivity contribution in [3.63, 3.8) is 0 Å². The fourth-order valence-corrected chi connectivity index (χ4v) is 1.80. The second-order valence-electron chi connectivity index (χ2n) is 4.51. The van der Waals surface area contributed by atoms with E-state index in [-0.39, 0.29) is 5.91 Å². The van der Waals surface area contributed by atoms with Gasteiger partial charge in [-0.15, -0.1) is 0 Å². The van der Waals surface area contributed by atoms with E-state index in [1.165, 1.54) is 17.3 Å². The monoisotopic (exact) mass is 290 g/mol. The fraction of sp³-hybridized carbons (Fsp3) is 0.214. The van der Waals surface area contributed by atoms with E-state index in [4.69, 9.17) is 11.6 Å². The Kier molecular flexibility index (Phi) is 4.53. The molecular formula is C14H15ClN4O. The molecular weight excluding hydrogens is 276 g/mol. The maximum absolute atomic E-state index is 11.5. The summed E-state index contributed by atoms with van der Waals surface area (Å²) in [4.78, 5) is 16.9. The molecule has 0 spiro atoms. The molecule has 0 saturated carbocycles. The van der Waals surface area contributed by atoms with Crippen molar-refractivity contribution >= 4 is 23.6 Å². The lowest BCUT2D eigenvalue weighted by atomic mass is 10.1. The van der Waals surface area contributed by atoms with Crippen molar-refractivity contribution in [1.29, 1.82) is 0 Å². The third kappa shape index (κ3) is 3.68. The van der Waals surface area contributed by atoms with Crippen LogP contribution in [0.4, 0.5) is 0 Å². The molecule has 0 saturated heterocycles. The van der Waals surface area contributed by atoms with Crippen LogP contribution in [0.2, 0.25) is 5.02 Å². The number of halogens is 1. The summed E-state index contributed by atoms with van der Waals surface area (Å²) in [6.07, 6.45) is 6.41. The number of benzene rings is 1. The molecule has 0 bridgehead atoms. The Balaban J connectivity index is 2.18. The third-order valence-electron chi connectivity index (χ3n) is 2.73. The lowest BCUT2D eigenvalue weighted by Gasteiger charge is -2.07. The second-order valence-corrected chi connectivity index (χ2v) is 4.92. The van der Waals surface area contributed by atoms with E-state index in [0.29, 0.717) is 11.6 Å². The molecule has 1 heterocycles. The Morgan fingerprint density at radius 1 is 1.45 bits per heavy atom. The Labute approximate surface area is 122 Å². The number of nitrogens with zero attached hydrogens (tertiary/aromatic N) is 4. The summed E-state index contributed by atoms with van der Waals surface area (Å²) in [5.41, 5.74) is 1.84. The first kappa shape index (κ1) is 14.3. The predicted molar refractivity (Wildman–Crippen MR) is 78.3 cm³/mol. The first-order chi connectivity index (χ1) is 9.56. The molecule has 2 aromatic rings. The minimum Gasteiger partial charge on any atom is -0.345 e. The van der Waals surface area contributed by atoms with Crippen LogP contribution in [0, 0.1) is 0 Å². The SMILES string of the molecule is CN(C)C(=O)C=Cc1ccc(Cl)c(Cn2cncn2)c1. The topological polar surface area (TPSA) is 51.0 Å². The van der Waals surface area contributed by atoms with Gasteiger partial charge in [0.05, 0.1) is 6.54 Å². The van der Waals surface area contributed by atoms with Gasteiger partial charge in [-0.1, -0.05) is 17.7 Å². The molecule has 0 fully saturated rings. The molecule has 20 heavy (non-hydrogen) atoms. The van der Waals surface area contributed by atoms with Gasteiger partial charge in [-0.3, -0.25) is 4.79 Å². The zero-order chi connectivity index (χ0) is 14.5. The Hall–Kier alpha value is -2.14. The van der Waals surface area contributed by atoms with Crippen molar-refractivity contribution in [3.8, 4) is 0 Å². The van der Waals surface area contributed by atoms with Crippen molar-refractivity contribution in [2.24, 2.45) is 0 Å². The highest BCUT2D eigenvalue weighted by Crippen LogP contribution is 2.19. The summed E-state index contributed by atoms with van der Waals surface area (Å²) < 4.78 is 1.69. The van der Waals surface area contributed by atoms with E-state index in [1.54, 1.807) is 31.2 Å². The normalized spacial score (nSPS) is 10.9. The number of hydrogen-bond donors (Lipinski definition) is 0. The minimum atomic E-state index is -0.0576. The van der Waals surface area contributed by atoms with Crippen LogP contribution in [-0.4, -0.2) is 39.7 Å². The van der Waals surface area contributed by atoms with E-state index in [0.717, 1.165) is 11.1 Å². The van der Waals surface area contributed by atoms with Crippen molar-refractivity contribution in [1.82, 2.24) is 19.7 Å². The van der Waals surface area contributed by atoms with Gasteiger partial charge in [0.25, 0.3) is 0 Å². The lowest BCUT2D eigenvalue weighted by molar-refractivity contribution is -0.123. The minimum absolute atomic E-state index is 0.0576. The predicted octanol–water partition coefficient (Wildman–Crippen LogP) is 2.08. The molecule has 1 amide bonds. The first-order valence-electron chi connectivity index (χ1n) is 6.06. The smallest absolute Gasteiger partial charge is 0.246 e. The van der Waals surface area contributed by atoms with Crippen LogP contribution in [0.1, 0.15) is 11.1 Å². The molecule has 0 aliphatic rings. The first-order valence-corrected chi connectivity index (χ1v) is 6.44.